The summed E-state index contributed by atoms with van der Waals surface area (Å²) in [5.74, 6) is -0.273. The average molecular weight is 350 g/mol. The lowest BCUT2D eigenvalue weighted by Crippen LogP contribution is -2.14. The van der Waals surface area contributed by atoms with Gasteiger partial charge in [0.05, 0.1) is 16.2 Å². The summed E-state index contributed by atoms with van der Waals surface area (Å²) in [6, 6.07) is 14.9. The van der Waals surface area contributed by atoms with Crippen LogP contribution in [0.3, 0.4) is 0 Å². The molecule has 1 N–H and O–H groups in total. The Morgan fingerprint density at radius 1 is 1.15 bits per heavy atom. The molecule has 7 heteroatoms. The van der Waals surface area contributed by atoms with Gasteiger partial charge in [-0.3, -0.25) is 19.6 Å². The summed E-state index contributed by atoms with van der Waals surface area (Å²) >= 11 is 0. The molecule has 0 bridgehead atoms. The Hall–Kier alpha value is -3.48. The summed E-state index contributed by atoms with van der Waals surface area (Å²) < 4.78 is 1.77. The Balaban J connectivity index is 1.95. The van der Waals surface area contributed by atoms with Crippen molar-refractivity contribution >= 4 is 17.2 Å². The number of aryl methyl sites for hydroxylation is 2. The molecule has 0 saturated carbocycles. The first-order valence-corrected chi connectivity index (χ1v) is 8.09. The second-order valence-corrected chi connectivity index (χ2v) is 5.94. The third kappa shape index (κ3) is 3.61. The number of non-ortho nitro benzene ring substituents is 1. The minimum Gasteiger partial charge on any atom is -0.366 e. The molecule has 1 heterocycles. The van der Waals surface area contributed by atoms with Crippen molar-refractivity contribution in [3.05, 3.63) is 87.2 Å². The molecule has 0 aliphatic rings. The highest BCUT2D eigenvalue weighted by Gasteiger charge is 2.18. The first kappa shape index (κ1) is 17.3. The average Bonchev–Trinajstić information content (AvgIpc) is 2.97. The predicted octanol–water partition coefficient (Wildman–Crippen LogP) is 3.71. The first-order valence-electron chi connectivity index (χ1n) is 8.09. The number of hydrogen-bond acceptors (Lipinski definition) is 5. The SMILES string of the molecule is Cc1cc(C)n(CNc2ccc([N+](=O)[O-])cc2C(=O)c2ccccc2)n1. The molecule has 1 aromatic heterocycles. The summed E-state index contributed by atoms with van der Waals surface area (Å²) in [4.78, 5) is 23.4. The van der Waals surface area contributed by atoms with Gasteiger partial charge in [0.15, 0.2) is 5.78 Å². The zero-order valence-electron chi connectivity index (χ0n) is 14.5. The number of anilines is 1. The standard InChI is InChI=1S/C19H18N4O3/c1-13-10-14(2)22(21-13)12-20-18-9-8-16(23(25)26)11-17(18)19(24)15-6-4-3-5-7-15/h3-11,20H,12H2,1-2H3. The molecule has 26 heavy (non-hydrogen) atoms. The molecule has 0 amide bonds. The molecule has 0 aliphatic carbocycles. The molecule has 0 spiro atoms. The molecule has 0 saturated heterocycles. The second-order valence-electron chi connectivity index (χ2n) is 5.94. The van der Waals surface area contributed by atoms with Crippen molar-refractivity contribution < 1.29 is 9.72 Å². The Morgan fingerprint density at radius 3 is 2.50 bits per heavy atom. The van der Waals surface area contributed by atoms with Gasteiger partial charge < -0.3 is 5.32 Å². The molecule has 132 valence electrons. The number of rotatable bonds is 6. The van der Waals surface area contributed by atoms with Gasteiger partial charge in [0.2, 0.25) is 0 Å². The maximum absolute atomic E-state index is 12.8. The zero-order chi connectivity index (χ0) is 18.7. The minimum atomic E-state index is -0.507. The summed E-state index contributed by atoms with van der Waals surface area (Å²) in [7, 11) is 0. The highest BCUT2D eigenvalue weighted by atomic mass is 16.6. The predicted molar refractivity (Wildman–Crippen MR) is 98.3 cm³/mol. The van der Waals surface area contributed by atoms with E-state index in [0.717, 1.165) is 11.4 Å². The minimum absolute atomic E-state index is 0.124. The highest BCUT2D eigenvalue weighted by molar-refractivity contribution is 6.12. The van der Waals surface area contributed by atoms with E-state index in [1.807, 2.05) is 26.0 Å². The van der Waals surface area contributed by atoms with Gasteiger partial charge in [-0.05, 0) is 26.0 Å². The van der Waals surface area contributed by atoms with Gasteiger partial charge in [-0.2, -0.15) is 5.10 Å². The van der Waals surface area contributed by atoms with Gasteiger partial charge in [0, 0.05) is 29.1 Å². The smallest absolute Gasteiger partial charge is 0.270 e. The van der Waals surface area contributed by atoms with Gasteiger partial charge >= 0.3 is 0 Å². The molecule has 0 radical (unpaired) electrons. The Kier molecular flexibility index (Phi) is 4.79. The van der Waals surface area contributed by atoms with E-state index in [0.29, 0.717) is 17.9 Å². The highest BCUT2D eigenvalue weighted by Crippen LogP contribution is 2.25. The fourth-order valence-electron chi connectivity index (χ4n) is 2.73. The lowest BCUT2D eigenvalue weighted by atomic mass is 10.0. The molecular weight excluding hydrogens is 332 g/mol. The number of hydrogen-bond donors (Lipinski definition) is 1. The summed E-state index contributed by atoms with van der Waals surface area (Å²) in [5, 5.41) is 18.6. The van der Waals surface area contributed by atoms with E-state index < -0.39 is 4.92 Å². The second kappa shape index (κ2) is 7.18. The normalized spacial score (nSPS) is 10.5. The molecule has 3 aromatic rings. The molecule has 2 aromatic carbocycles. The number of benzene rings is 2. The van der Waals surface area contributed by atoms with E-state index in [-0.39, 0.29) is 17.0 Å². The number of carbonyl (C=O) groups excluding carboxylic acids is 1. The van der Waals surface area contributed by atoms with E-state index in [4.69, 9.17) is 0 Å². The van der Waals surface area contributed by atoms with Gasteiger partial charge in [-0.1, -0.05) is 30.3 Å². The number of nitrogens with zero attached hydrogens (tertiary/aromatic N) is 3. The number of nitro benzene ring substituents is 1. The van der Waals surface area contributed by atoms with E-state index in [2.05, 4.69) is 10.4 Å². The van der Waals surface area contributed by atoms with Crippen molar-refractivity contribution in [2.75, 3.05) is 5.32 Å². The summed E-state index contributed by atoms with van der Waals surface area (Å²) in [6.45, 7) is 4.19. The fraction of sp³-hybridized carbons (Fsp3) is 0.158. The van der Waals surface area contributed by atoms with Gasteiger partial charge in [0.25, 0.3) is 5.69 Å². The number of ketones is 1. The van der Waals surface area contributed by atoms with Gasteiger partial charge in [-0.15, -0.1) is 0 Å². The third-order valence-corrected chi connectivity index (χ3v) is 4.02. The molecule has 0 aliphatic heterocycles. The van der Waals surface area contributed by atoms with Crippen molar-refractivity contribution in [2.24, 2.45) is 0 Å². The van der Waals surface area contributed by atoms with Crippen molar-refractivity contribution in [2.45, 2.75) is 20.5 Å². The monoisotopic (exact) mass is 350 g/mol. The van der Waals surface area contributed by atoms with Crippen LogP contribution < -0.4 is 5.32 Å². The van der Waals surface area contributed by atoms with E-state index in [1.165, 1.54) is 12.1 Å². The van der Waals surface area contributed by atoms with Crippen LogP contribution in [0.5, 0.6) is 0 Å². The topological polar surface area (TPSA) is 90.1 Å². The fourth-order valence-corrected chi connectivity index (χ4v) is 2.73. The Bertz CT molecular complexity index is 964. The molecule has 0 unspecified atom stereocenters. The van der Waals surface area contributed by atoms with Crippen LogP contribution in [0.15, 0.2) is 54.6 Å². The van der Waals surface area contributed by atoms with Crippen LogP contribution in [0.1, 0.15) is 27.3 Å². The van der Waals surface area contributed by atoms with E-state index in [9.17, 15) is 14.9 Å². The van der Waals surface area contributed by atoms with Crippen LogP contribution in [0.4, 0.5) is 11.4 Å². The van der Waals surface area contributed by atoms with Gasteiger partial charge in [0.1, 0.15) is 6.67 Å². The van der Waals surface area contributed by atoms with Crippen molar-refractivity contribution in [3.8, 4) is 0 Å². The van der Waals surface area contributed by atoms with Crippen LogP contribution in [0, 0.1) is 24.0 Å². The molecule has 7 nitrogen and oxygen atoms in total. The number of carbonyl (C=O) groups is 1. The lowest BCUT2D eigenvalue weighted by Gasteiger charge is -2.12. The maximum atomic E-state index is 12.8. The number of aromatic nitrogens is 2. The van der Waals surface area contributed by atoms with E-state index >= 15 is 0 Å². The van der Waals surface area contributed by atoms with Crippen LogP contribution in [-0.2, 0) is 6.67 Å². The Morgan fingerprint density at radius 2 is 1.88 bits per heavy atom. The molecule has 3 rings (SSSR count). The largest absolute Gasteiger partial charge is 0.366 e. The van der Waals surface area contributed by atoms with Crippen molar-refractivity contribution in [1.82, 2.24) is 9.78 Å². The number of nitrogens with one attached hydrogen (secondary N) is 1. The van der Waals surface area contributed by atoms with Crippen LogP contribution >= 0.6 is 0 Å². The summed E-state index contributed by atoms with van der Waals surface area (Å²) in [6.07, 6.45) is 0. The van der Waals surface area contributed by atoms with Crippen LogP contribution in [0.25, 0.3) is 0 Å². The third-order valence-electron chi connectivity index (χ3n) is 4.02. The molecular formula is C19H18N4O3. The first-order chi connectivity index (χ1) is 12.5. The maximum Gasteiger partial charge on any atom is 0.270 e. The molecule has 0 atom stereocenters. The van der Waals surface area contributed by atoms with Crippen LogP contribution in [0.2, 0.25) is 0 Å². The lowest BCUT2D eigenvalue weighted by molar-refractivity contribution is -0.384. The van der Waals surface area contributed by atoms with Crippen LogP contribution in [-0.4, -0.2) is 20.5 Å². The summed E-state index contributed by atoms with van der Waals surface area (Å²) in [5.41, 5.74) is 3.01. The van der Waals surface area contributed by atoms with Crippen molar-refractivity contribution in [3.63, 3.8) is 0 Å². The molecule has 0 fully saturated rings. The quantitative estimate of drug-likeness (QED) is 0.416. The number of nitro groups is 1. The van der Waals surface area contributed by atoms with Gasteiger partial charge in [-0.25, -0.2) is 0 Å². The zero-order valence-corrected chi connectivity index (χ0v) is 14.5. The van der Waals surface area contributed by atoms with E-state index in [1.54, 1.807) is 35.0 Å². The van der Waals surface area contributed by atoms with Crippen molar-refractivity contribution in [1.29, 1.82) is 0 Å². The Labute approximate surface area is 150 Å².